The van der Waals surface area contributed by atoms with Gasteiger partial charge >= 0.3 is 0 Å². The van der Waals surface area contributed by atoms with E-state index >= 15 is 0 Å². The molecule has 2 N–H and O–H groups in total. The third kappa shape index (κ3) is 4.23. The third-order valence-electron chi connectivity index (χ3n) is 6.46. The molecule has 170 valence electrons. The van der Waals surface area contributed by atoms with Crippen molar-refractivity contribution in [3.05, 3.63) is 90.0 Å². The maximum atomic E-state index is 13.1. The fourth-order valence-corrected chi connectivity index (χ4v) is 6.26. The maximum Gasteiger partial charge on any atom is 0.261 e. The number of nitrogens with one attached hydrogen (secondary N) is 2. The second-order valence-electron chi connectivity index (χ2n) is 8.33. The number of allylic oxidation sites excluding steroid dienone is 2. The van der Waals surface area contributed by atoms with Gasteiger partial charge in [0.2, 0.25) is 0 Å². The first kappa shape index (κ1) is 21.9. The summed E-state index contributed by atoms with van der Waals surface area (Å²) in [6.07, 6.45) is 7.48. The lowest BCUT2D eigenvalue weighted by molar-refractivity contribution is 0.415. The van der Waals surface area contributed by atoms with Crippen LogP contribution in [0.5, 0.6) is 5.75 Å². The van der Waals surface area contributed by atoms with Crippen molar-refractivity contribution < 1.29 is 13.2 Å². The van der Waals surface area contributed by atoms with Crippen molar-refractivity contribution in [1.82, 2.24) is 0 Å². The van der Waals surface area contributed by atoms with Crippen molar-refractivity contribution in [2.24, 2.45) is 5.92 Å². The fourth-order valence-electron chi connectivity index (χ4n) is 4.75. The number of methoxy groups -OCH3 is 1. The van der Waals surface area contributed by atoms with E-state index in [1.54, 1.807) is 49.2 Å². The molecule has 0 saturated carbocycles. The number of anilines is 2. The largest absolute Gasteiger partial charge is 0.497 e. The highest BCUT2D eigenvalue weighted by atomic mass is 32.2. The van der Waals surface area contributed by atoms with Crippen LogP contribution in [-0.4, -0.2) is 21.8 Å². The zero-order valence-corrected chi connectivity index (χ0v) is 20.1. The van der Waals surface area contributed by atoms with Crippen LogP contribution in [0.2, 0.25) is 0 Å². The molecule has 5 nitrogen and oxygen atoms in total. The predicted octanol–water partition coefficient (Wildman–Crippen LogP) is 6.04. The van der Waals surface area contributed by atoms with Gasteiger partial charge < -0.3 is 10.1 Å². The van der Waals surface area contributed by atoms with Gasteiger partial charge in [0, 0.05) is 22.2 Å². The molecule has 1 heterocycles. The smallest absolute Gasteiger partial charge is 0.261 e. The van der Waals surface area contributed by atoms with E-state index in [9.17, 15) is 8.42 Å². The number of rotatable bonds is 6. The second-order valence-corrected chi connectivity index (χ2v) is 10.9. The lowest BCUT2D eigenvalue weighted by Crippen LogP contribution is -2.29. The molecular formula is C26H26N2O3S2. The Balaban J connectivity index is 1.44. The number of sulfonamides is 1. The lowest BCUT2D eigenvalue weighted by atomic mass is 9.77. The molecule has 5 rings (SSSR count). The van der Waals surface area contributed by atoms with E-state index in [1.165, 1.54) is 10.5 Å². The summed E-state index contributed by atoms with van der Waals surface area (Å²) in [6.45, 7) is 0. The molecule has 0 radical (unpaired) electrons. The van der Waals surface area contributed by atoms with E-state index in [0.29, 0.717) is 17.4 Å². The van der Waals surface area contributed by atoms with Gasteiger partial charge in [0.05, 0.1) is 18.0 Å². The average Bonchev–Trinajstić information content (AvgIpc) is 3.34. The Morgan fingerprint density at radius 3 is 2.48 bits per heavy atom. The van der Waals surface area contributed by atoms with Crippen LogP contribution in [0, 0.1) is 5.92 Å². The Morgan fingerprint density at radius 2 is 1.79 bits per heavy atom. The summed E-state index contributed by atoms with van der Waals surface area (Å²) in [5.74, 6) is 1.21. The number of fused-ring (bicyclic) bond motifs is 3. The van der Waals surface area contributed by atoms with Crippen LogP contribution in [0.4, 0.5) is 11.4 Å². The molecule has 7 heteroatoms. The molecule has 0 bridgehead atoms. The van der Waals surface area contributed by atoms with Crippen LogP contribution >= 0.6 is 11.8 Å². The Hall–Kier alpha value is -2.90. The third-order valence-corrected chi connectivity index (χ3v) is 8.58. The molecule has 0 amide bonds. The topological polar surface area (TPSA) is 67.4 Å². The minimum atomic E-state index is -3.71. The minimum Gasteiger partial charge on any atom is -0.497 e. The standard InChI is InChI=1S/C26H26N2O3S2/c1-31-19-10-8-18(9-11-19)28-33(29,30)21-14-15-25-24(16-21)22-4-3-5-23(22)26(27-25)17-6-12-20(32-2)13-7-17/h3-4,6-16,22-23,26-28H,5H2,1-2H3. The molecule has 0 spiro atoms. The summed E-state index contributed by atoms with van der Waals surface area (Å²) in [5.41, 5.74) is 3.78. The van der Waals surface area contributed by atoms with Gasteiger partial charge in [0.1, 0.15) is 5.75 Å². The molecule has 3 atom stereocenters. The van der Waals surface area contributed by atoms with Crippen LogP contribution in [0.15, 0.2) is 88.7 Å². The molecule has 0 saturated heterocycles. The molecule has 1 aliphatic heterocycles. The van der Waals surface area contributed by atoms with E-state index in [2.05, 4.69) is 52.7 Å². The van der Waals surface area contributed by atoms with E-state index < -0.39 is 10.0 Å². The first-order valence-electron chi connectivity index (χ1n) is 10.9. The van der Waals surface area contributed by atoms with E-state index in [0.717, 1.165) is 17.7 Å². The summed E-state index contributed by atoms with van der Waals surface area (Å²) in [6, 6.07) is 21.1. The average molecular weight is 479 g/mol. The van der Waals surface area contributed by atoms with Crippen molar-refractivity contribution in [3.63, 3.8) is 0 Å². The van der Waals surface area contributed by atoms with Crippen molar-refractivity contribution in [3.8, 4) is 5.75 Å². The van der Waals surface area contributed by atoms with Gasteiger partial charge in [-0.3, -0.25) is 4.72 Å². The molecule has 0 fully saturated rings. The van der Waals surface area contributed by atoms with Gasteiger partial charge in [0.25, 0.3) is 10.0 Å². The normalized spacial score (nSPS) is 21.1. The molecule has 0 aromatic heterocycles. The molecule has 33 heavy (non-hydrogen) atoms. The minimum absolute atomic E-state index is 0.183. The number of ether oxygens (including phenoxy) is 1. The zero-order valence-electron chi connectivity index (χ0n) is 18.5. The highest BCUT2D eigenvalue weighted by Gasteiger charge is 2.38. The fraction of sp³-hybridized carbons (Fsp3) is 0.231. The van der Waals surface area contributed by atoms with Crippen LogP contribution < -0.4 is 14.8 Å². The Kier molecular flexibility index (Phi) is 5.85. The van der Waals surface area contributed by atoms with Crippen molar-refractivity contribution >= 4 is 33.2 Å². The quantitative estimate of drug-likeness (QED) is 0.334. The zero-order chi connectivity index (χ0) is 23.0. The Bertz CT molecular complexity index is 1290. The van der Waals surface area contributed by atoms with E-state index in [1.807, 2.05) is 12.1 Å². The first-order valence-corrected chi connectivity index (χ1v) is 13.6. The molecule has 2 aliphatic rings. The predicted molar refractivity (Wildman–Crippen MR) is 135 cm³/mol. The molecule has 3 aromatic carbocycles. The van der Waals surface area contributed by atoms with Crippen molar-refractivity contribution in [2.45, 2.75) is 28.2 Å². The van der Waals surface area contributed by atoms with Gasteiger partial charge in [0.15, 0.2) is 0 Å². The number of hydrogen-bond donors (Lipinski definition) is 2. The lowest BCUT2D eigenvalue weighted by Gasteiger charge is -2.37. The summed E-state index contributed by atoms with van der Waals surface area (Å²) in [5, 5.41) is 3.69. The second kappa shape index (κ2) is 8.80. The maximum absolute atomic E-state index is 13.1. The van der Waals surface area contributed by atoms with Gasteiger partial charge in [-0.15, -0.1) is 11.8 Å². The first-order chi connectivity index (χ1) is 16.0. The van der Waals surface area contributed by atoms with Crippen LogP contribution in [-0.2, 0) is 10.0 Å². The molecule has 3 aromatic rings. The molecular weight excluding hydrogens is 452 g/mol. The summed E-state index contributed by atoms with van der Waals surface area (Å²) >= 11 is 1.74. The molecule has 3 unspecified atom stereocenters. The van der Waals surface area contributed by atoms with Crippen molar-refractivity contribution in [2.75, 3.05) is 23.4 Å². The SMILES string of the molecule is COc1ccc(NS(=O)(=O)c2ccc3c(c2)C2C=CCC2C(c2ccc(SC)cc2)N3)cc1. The van der Waals surface area contributed by atoms with Crippen LogP contribution in [0.1, 0.15) is 29.5 Å². The Labute approximate surface area is 199 Å². The summed E-state index contributed by atoms with van der Waals surface area (Å²) < 4.78 is 34.0. The van der Waals surface area contributed by atoms with Gasteiger partial charge in [-0.25, -0.2) is 8.42 Å². The number of thioether (sulfide) groups is 1. The van der Waals surface area contributed by atoms with Gasteiger partial charge in [-0.2, -0.15) is 0 Å². The number of benzene rings is 3. The van der Waals surface area contributed by atoms with Crippen LogP contribution in [0.25, 0.3) is 0 Å². The Morgan fingerprint density at radius 1 is 1.03 bits per heavy atom. The van der Waals surface area contributed by atoms with E-state index in [-0.39, 0.29) is 16.9 Å². The molecule has 1 aliphatic carbocycles. The van der Waals surface area contributed by atoms with Crippen molar-refractivity contribution in [1.29, 1.82) is 0 Å². The van der Waals surface area contributed by atoms with Crippen LogP contribution in [0.3, 0.4) is 0 Å². The van der Waals surface area contributed by atoms with E-state index in [4.69, 9.17) is 4.74 Å². The highest BCUT2D eigenvalue weighted by molar-refractivity contribution is 7.98. The highest BCUT2D eigenvalue weighted by Crippen LogP contribution is 2.50. The monoisotopic (exact) mass is 478 g/mol. The summed E-state index contributed by atoms with van der Waals surface area (Å²) in [7, 11) is -2.14. The number of hydrogen-bond acceptors (Lipinski definition) is 5. The summed E-state index contributed by atoms with van der Waals surface area (Å²) in [4.78, 5) is 1.51. The van der Waals surface area contributed by atoms with Gasteiger partial charge in [-0.1, -0.05) is 24.3 Å². The van der Waals surface area contributed by atoms with Gasteiger partial charge in [-0.05, 0) is 84.3 Å².